The van der Waals surface area contributed by atoms with Crippen LogP contribution < -0.4 is 5.32 Å². The molecule has 1 unspecified atom stereocenters. The Morgan fingerprint density at radius 3 is 2.09 bits per heavy atom. The largest absolute Gasteiger partial charge is 0.341 e. The molecular formula is C26H31ClN2O3. The molecule has 1 saturated heterocycles. The van der Waals surface area contributed by atoms with Crippen LogP contribution in [0.4, 0.5) is 0 Å². The first-order valence-corrected chi connectivity index (χ1v) is 11.6. The summed E-state index contributed by atoms with van der Waals surface area (Å²) in [6.45, 7) is 7.10. The Bertz CT molecular complexity index is 946. The summed E-state index contributed by atoms with van der Waals surface area (Å²) in [6, 6.07) is 13.7. The first-order valence-electron chi connectivity index (χ1n) is 11.2. The number of Topliss-reactive ketones (excluding diaryl/α,β-unsaturated/α-hetero) is 1. The maximum atomic E-state index is 13.2. The van der Waals surface area contributed by atoms with Crippen molar-refractivity contribution in [1.82, 2.24) is 10.2 Å². The predicted molar refractivity (Wildman–Crippen MR) is 127 cm³/mol. The highest BCUT2D eigenvalue weighted by molar-refractivity contribution is 6.30. The summed E-state index contributed by atoms with van der Waals surface area (Å²) < 4.78 is 0. The van der Waals surface area contributed by atoms with Crippen LogP contribution in [0, 0.1) is 18.8 Å². The molecule has 0 bridgehead atoms. The van der Waals surface area contributed by atoms with Gasteiger partial charge in [0.25, 0.3) is 5.91 Å². The molecule has 2 aromatic carbocycles. The highest BCUT2D eigenvalue weighted by Gasteiger charge is 2.32. The zero-order valence-corrected chi connectivity index (χ0v) is 19.7. The van der Waals surface area contributed by atoms with Gasteiger partial charge < -0.3 is 10.2 Å². The number of halogens is 1. The van der Waals surface area contributed by atoms with Gasteiger partial charge in [0.1, 0.15) is 6.04 Å². The zero-order valence-electron chi connectivity index (χ0n) is 18.9. The van der Waals surface area contributed by atoms with E-state index in [0.717, 1.165) is 11.1 Å². The minimum atomic E-state index is -0.595. The van der Waals surface area contributed by atoms with Crippen LogP contribution in [0.2, 0.25) is 5.02 Å². The maximum Gasteiger partial charge on any atom is 0.251 e. The van der Waals surface area contributed by atoms with Gasteiger partial charge in [0.05, 0.1) is 0 Å². The van der Waals surface area contributed by atoms with Gasteiger partial charge in [-0.25, -0.2) is 0 Å². The molecule has 0 saturated carbocycles. The Hall–Kier alpha value is -2.66. The number of amides is 2. The van der Waals surface area contributed by atoms with Crippen LogP contribution in [0.3, 0.4) is 0 Å². The summed E-state index contributed by atoms with van der Waals surface area (Å²) in [4.78, 5) is 40.5. The van der Waals surface area contributed by atoms with Gasteiger partial charge in [-0.1, -0.05) is 55.3 Å². The fraction of sp³-hybridized carbons (Fsp3) is 0.423. The molecule has 1 aliphatic rings. The lowest BCUT2D eigenvalue weighted by atomic mass is 9.88. The number of carbonyl (C=O) groups excluding carboxylic acids is 3. The third-order valence-electron chi connectivity index (χ3n) is 5.93. The molecular weight excluding hydrogens is 424 g/mol. The number of likely N-dealkylation sites (tertiary alicyclic amines) is 1. The van der Waals surface area contributed by atoms with E-state index >= 15 is 0 Å². The summed E-state index contributed by atoms with van der Waals surface area (Å²) in [7, 11) is 0. The average Bonchev–Trinajstić information content (AvgIpc) is 2.78. The molecule has 0 aliphatic carbocycles. The van der Waals surface area contributed by atoms with E-state index in [2.05, 4.69) is 5.32 Å². The number of carbonyl (C=O) groups is 3. The molecule has 0 aromatic heterocycles. The molecule has 3 rings (SSSR count). The van der Waals surface area contributed by atoms with Gasteiger partial charge in [0, 0.05) is 35.2 Å². The number of ketones is 1. The Labute approximate surface area is 195 Å². The molecule has 1 aliphatic heterocycles. The molecule has 2 aromatic rings. The SMILES string of the molecule is Cc1ccc(C(=O)C2CCN(C(=O)C(CC(C)C)NC(=O)c3ccc(Cl)cc3)CC2)cc1. The standard InChI is InChI=1S/C26H31ClN2O3/c1-17(2)16-23(28-25(31)21-8-10-22(27)11-9-21)26(32)29-14-12-20(13-15-29)24(30)19-6-4-18(3)5-7-19/h4-11,17,20,23H,12-16H2,1-3H3,(H,28,31). The van der Waals surface area contributed by atoms with Crippen molar-refractivity contribution >= 4 is 29.2 Å². The van der Waals surface area contributed by atoms with Crippen molar-refractivity contribution in [3.05, 3.63) is 70.2 Å². The van der Waals surface area contributed by atoms with E-state index < -0.39 is 6.04 Å². The lowest BCUT2D eigenvalue weighted by Gasteiger charge is -2.34. The van der Waals surface area contributed by atoms with Crippen LogP contribution in [0.15, 0.2) is 48.5 Å². The van der Waals surface area contributed by atoms with Crippen LogP contribution >= 0.6 is 11.6 Å². The van der Waals surface area contributed by atoms with Gasteiger partial charge in [-0.2, -0.15) is 0 Å². The summed E-state index contributed by atoms with van der Waals surface area (Å²) in [5, 5.41) is 3.46. The number of piperidine rings is 1. The van der Waals surface area contributed by atoms with Gasteiger partial charge in [-0.3, -0.25) is 14.4 Å². The van der Waals surface area contributed by atoms with E-state index in [1.807, 2.05) is 45.0 Å². The molecule has 1 N–H and O–H groups in total. The number of nitrogens with zero attached hydrogens (tertiary/aromatic N) is 1. The summed E-state index contributed by atoms with van der Waals surface area (Å²) in [5.41, 5.74) is 2.32. The van der Waals surface area contributed by atoms with Gasteiger partial charge in [0.2, 0.25) is 5.91 Å². The molecule has 170 valence electrons. The molecule has 6 heteroatoms. The van der Waals surface area contributed by atoms with Crippen LogP contribution in [-0.2, 0) is 4.79 Å². The van der Waals surface area contributed by atoms with Gasteiger partial charge in [0.15, 0.2) is 5.78 Å². The van der Waals surface area contributed by atoms with E-state index in [1.165, 1.54) is 0 Å². The number of nitrogens with one attached hydrogen (secondary N) is 1. The molecule has 1 heterocycles. The lowest BCUT2D eigenvalue weighted by molar-refractivity contribution is -0.134. The van der Waals surface area contributed by atoms with Crippen LogP contribution in [0.5, 0.6) is 0 Å². The van der Waals surface area contributed by atoms with Crippen molar-refractivity contribution < 1.29 is 14.4 Å². The van der Waals surface area contributed by atoms with E-state index in [0.29, 0.717) is 42.9 Å². The summed E-state index contributed by atoms with van der Waals surface area (Å²) >= 11 is 5.91. The fourth-order valence-electron chi connectivity index (χ4n) is 4.07. The van der Waals surface area contributed by atoms with Crippen LogP contribution in [0.1, 0.15) is 59.4 Å². The molecule has 1 atom stereocenters. The normalized spacial score (nSPS) is 15.5. The maximum absolute atomic E-state index is 13.2. The second-order valence-corrected chi connectivity index (χ2v) is 9.43. The van der Waals surface area contributed by atoms with Crippen molar-refractivity contribution in [2.24, 2.45) is 11.8 Å². The number of hydrogen-bond acceptors (Lipinski definition) is 3. The van der Waals surface area contributed by atoms with Gasteiger partial charge >= 0.3 is 0 Å². The van der Waals surface area contributed by atoms with Crippen molar-refractivity contribution in [3.8, 4) is 0 Å². The monoisotopic (exact) mass is 454 g/mol. The fourth-order valence-corrected chi connectivity index (χ4v) is 4.20. The highest BCUT2D eigenvalue weighted by atomic mass is 35.5. The minimum Gasteiger partial charge on any atom is -0.341 e. The Kier molecular flexibility index (Phi) is 8.08. The number of benzene rings is 2. The highest BCUT2D eigenvalue weighted by Crippen LogP contribution is 2.23. The Morgan fingerprint density at radius 2 is 1.53 bits per heavy atom. The lowest BCUT2D eigenvalue weighted by Crippen LogP contribution is -2.51. The van der Waals surface area contributed by atoms with Crippen LogP contribution in [0.25, 0.3) is 0 Å². The smallest absolute Gasteiger partial charge is 0.251 e. The molecule has 32 heavy (non-hydrogen) atoms. The van der Waals surface area contributed by atoms with Crippen molar-refractivity contribution in [2.45, 2.75) is 46.1 Å². The second-order valence-electron chi connectivity index (χ2n) is 8.99. The number of rotatable bonds is 7. The zero-order chi connectivity index (χ0) is 23.3. The third kappa shape index (κ3) is 6.19. The third-order valence-corrected chi connectivity index (χ3v) is 6.18. The first kappa shape index (κ1) is 24.0. The molecule has 0 spiro atoms. The summed E-state index contributed by atoms with van der Waals surface area (Å²) in [6.07, 6.45) is 1.83. The van der Waals surface area contributed by atoms with Crippen molar-refractivity contribution in [3.63, 3.8) is 0 Å². The van der Waals surface area contributed by atoms with Crippen molar-refractivity contribution in [1.29, 1.82) is 0 Å². The summed E-state index contributed by atoms with van der Waals surface area (Å²) in [5.74, 6) is -0.0525. The van der Waals surface area contributed by atoms with Gasteiger partial charge in [-0.15, -0.1) is 0 Å². The van der Waals surface area contributed by atoms with Crippen molar-refractivity contribution in [2.75, 3.05) is 13.1 Å². The van der Waals surface area contributed by atoms with Gasteiger partial charge in [-0.05, 0) is 56.4 Å². The van der Waals surface area contributed by atoms with E-state index in [4.69, 9.17) is 11.6 Å². The number of aryl methyl sites for hydroxylation is 1. The average molecular weight is 455 g/mol. The van der Waals surface area contributed by atoms with E-state index in [-0.39, 0.29) is 29.4 Å². The Morgan fingerprint density at radius 1 is 0.969 bits per heavy atom. The molecule has 1 fully saturated rings. The minimum absolute atomic E-state index is 0.0750. The second kappa shape index (κ2) is 10.8. The molecule has 0 radical (unpaired) electrons. The predicted octanol–water partition coefficient (Wildman–Crippen LogP) is 4.91. The quantitative estimate of drug-likeness (QED) is 0.604. The van der Waals surface area contributed by atoms with Crippen LogP contribution in [-0.4, -0.2) is 41.6 Å². The molecule has 5 nitrogen and oxygen atoms in total. The number of hydrogen-bond donors (Lipinski definition) is 1. The van der Waals surface area contributed by atoms with E-state index in [9.17, 15) is 14.4 Å². The first-order chi connectivity index (χ1) is 15.2. The Balaban J connectivity index is 1.62. The topological polar surface area (TPSA) is 66.5 Å². The molecule has 2 amide bonds. The van der Waals surface area contributed by atoms with E-state index in [1.54, 1.807) is 29.2 Å².